The number of aliphatic hydroxyl groups is 2. The molecule has 7 atom stereocenters. The summed E-state index contributed by atoms with van der Waals surface area (Å²) >= 11 is 1.56. The van der Waals surface area contributed by atoms with E-state index in [-0.39, 0.29) is 48.7 Å². The van der Waals surface area contributed by atoms with Gasteiger partial charge in [0.2, 0.25) is 11.8 Å². The van der Waals surface area contributed by atoms with Crippen LogP contribution in [0.1, 0.15) is 69.0 Å². The molecule has 2 bridgehead atoms. The van der Waals surface area contributed by atoms with Crippen molar-refractivity contribution in [3.05, 3.63) is 102 Å². The lowest BCUT2D eigenvalue weighted by atomic mass is 9.90. The number of fused-ring (bicyclic) bond motifs is 2. The molecule has 8 heterocycles. The van der Waals surface area contributed by atoms with E-state index in [1.54, 1.807) is 41.5 Å². The standard InChI is InChI=1S/C55H70N12O8S/c1-34(2)51(55(71)66-31-41(68)26-46(66)54(70)59-35(3)36-9-11-37(12-10-36)52-44(32-72-4)58-33-76-52)48-28-50(62-75-48)74-24-22-64-19-17-63(18-20-64)21-23-73-49-25-38(15-16-57-49)67-39-13-14-40(67)30-65(29-39)45-27-43(60-61-53(45)56)42-7-5-6-8-47(42)69/h5-12,15-16,25,27-28,33-35,39-41,46,51,55,68-69,71H,13-14,17-24,26,29-32H2,1-4H3,(H2,56,61)(H,59,70)/t35-,39?,40?,41+,46-,51?,55?/m0/s1. The van der Waals surface area contributed by atoms with Gasteiger partial charge in [-0.05, 0) is 72.7 Å². The summed E-state index contributed by atoms with van der Waals surface area (Å²) < 4.78 is 23.4. The van der Waals surface area contributed by atoms with E-state index in [1.807, 2.05) is 74.9 Å². The van der Waals surface area contributed by atoms with Crippen molar-refractivity contribution in [3.8, 4) is 39.2 Å². The average molecular weight is 1060 g/mol. The number of carbonyl (C=O) groups excluding carboxylic acids is 1. The quantitative estimate of drug-likeness (QED) is 0.0608. The minimum atomic E-state index is -1.12. The fourth-order valence-corrected chi connectivity index (χ4v) is 12.2. The van der Waals surface area contributed by atoms with E-state index in [9.17, 15) is 20.1 Å². The van der Waals surface area contributed by atoms with Gasteiger partial charge >= 0.3 is 0 Å². The number of aliphatic hydroxyl groups excluding tert-OH is 2. The number of phenolic OH excluding ortho intramolecular Hbond substituents is 1. The molecule has 0 saturated carbocycles. The number of nitrogens with one attached hydrogen (secondary N) is 1. The maximum Gasteiger partial charge on any atom is 0.254 e. The van der Waals surface area contributed by atoms with Crippen LogP contribution in [0.4, 0.5) is 17.2 Å². The number of thiazole rings is 1. The average Bonchev–Trinajstić information content (AvgIpc) is 4.26. The number of carbonyl (C=O) groups is 1. The molecule has 4 fully saturated rings. The second kappa shape index (κ2) is 23.8. The Morgan fingerprint density at radius 1 is 0.895 bits per heavy atom. The number of hydrogen-bond acceptors (Lipinski definition) is 20. The number of nitrogen functional groups attached to an aromatic ring is 1. The van der Waals surface area contributed by atoms with Crippen molar-refractivity contribution in [1.82, 2.24) is 45.3 Å². The van der Waals surface area contributed by atoms with Crippen molar-refractivity contribution in [1.29, 1.82) is 0 Å². The number of benzene rings is 2. The summed E-state index contributed by atoms with van der Waals surface area (Å²) in [6.45, 7) is 14.1. The van der Waals surface area contributed by atoms with Crippen LogP contribution < -0.4 is 30.3 Å². The Morgan fingerprint density at radius 3 is 2.30 bits per heavy atom. The first-order chi connectivity index (χ1) is 36.9. The summed E-state index contributed by atoms with van der Waals surface area (Å²) in [6, 6.07) is 22.5. The lowest BCUT2D eigenvalue weighted by Gasteiger charge is -2.43. The van der Waals surface area contributed by atoms with Crippen LogP contribution in [0.25, 0.3) is 21.7 Å². The van der Waals surface area contributed by atoms with Crippen molar-refractivity contribution in [2.75, 3.05) is 94.8 Å². The maximum absolute atomic E-state index is 13.8. The number of piperazine rings is 2. The monoisotopic (exact) mass is 1060 g/mol. The summed E-state index contributed by atoms with van der Waals surface area (Å²) in [6.07, 6.45) is 2.26. The van der Waals surface area contributed by atoms with Gasteiger partial charge in [-0.25, -0.2) is 9.97 Å². The number of nitrogens with two attached hydrogens (primary N) is 1. The van der Waals surface area contributed by atoms with Crippen LogP contribution in [0.3, 0.4) is 0 Å². The molecule has 4 aliphatic heterocycles. The van der Waals surface area contributed by atoms with Gasteiger partial charge in [0.25, 0.3) is 5.88 Å². The van der Waals surface area contributed by atoms with Gasteiger partial charge in [-0.2, -0.15) is 0 Å². The van der Waals surface area contributed by atoms with Crippen molar-refractivity contribution in [2.24, 2.45) is 5.92 Å². The van der Waals surface area contributed by atoms with E-state index in [2.05, 4.69) is 62.4 Å². The number of hydrogen-bond donors (Lipinski definition) is 5. The minimum absolute atomic E-state index is 0.0881. The summed E-state index contributed by atoms with van der Waals surface area (Å²) in [4.78, 5) is 35.1. The van der Waals surface area contributed by atoms with Gasteiger partial charge in [0.05, 0.1) is 58.2 Å². The molecule has 10 rings (SSSR count). The first kappa shape index (κ1) is 53.0. The topological polar surface area (TPSA) is 237 Å². The normalized spacial score (nSPS) is 21.5. The number of phenols is 1. The summed E-state index contributed by atoms with van der Waals surface area (Å²) in [5.41, 5.74) is 14.2. The van der Waals surface area contributed by atoms with Crippen LogP contribution >= 0.6 is 11.3 Å². The van der Waals surface area contributed by atoms with Gasteiger partial charge in [0.15, 0.2) is 5.82 Å². The second-order valence-corrected chi connectivity index (χ2v) is 21.6. The number of anilines is 3. The maximum atomic E-state index is 13.8. The Hall–Kier alpha value is -6.46. The molecule has 4 aromatic heterocycles. The molecule has 0 spiro atoms. The van der Waals surface area contributed by atoms with Crippen LogP contribution in [0.2, 0.25) is 0 Å². The van der Waals surface area contributed by atoms with Crippen molar-refractivity contribution in [2.45, 2.75) is 89.1 Å². The Bertz CT molecular complexity index is 2870. The number of aromatic hydroxyl groups is 1. The predicted octanol–water partition coefficient (Wildman–Crippen LogP) is 5.39. The highest BCUT2D eigenvalue weighted by atomic mass is 32.1. The Labute approximate surface area is 447 Å². The van der Waals surface area contributed by atoms with E-state index < -0.39 is 24.3 Å². The van der Waals surface area contributed by atoms with Crippen molar-refractivity contribution in [3.63, 3.8) is 0 Å². The highest BCUT2D eigenvalue weighted by molar-refractivity contribution is 7.13. The van der Waals surface area contributed by atoms with E-state index >= 15 is 0 Å². The molecule has 4 aliphatic rings. The van der Waals surface area contributed by atoms with Gasteiger partial charge in [-0.15, -0.1) is 21.5 Å². The third-order valence-electron chi connectivity index (χ3n) is 15.4. The fourth-order valence-electron chi connectivity index (χ4n) is 11.4. The Kier molecular flexibility index (Phi) is 16.6. The molecular formula is C55H70N12O8S. The lowest BCUT2D eigenvalue weighted by molar-refractivity contribution is -0.131. The zero-order valence-electron chi connectivity index (χ0n) is 43.6. The van der Waals surface area contributed by atoms with Gasteiger partial charge in [0.1, 0.15) is 31.0 Å². The Balaban J connectivity index is 0.654. The van der Waals surface area contributed by atoms with Crippen LogP contribution in [0.5, 0.6) is 17.5 Å². The SMILES string of the molecule is COCc1ncsc1-c1ccc([C@H](C)NC(=O)[C@@H]2C[C@@H](O)CN2C(O)C(c2cc(OCCN3CCN(CCOc4cc(N5C6CCC5CN(c5cc(-c7ccccc7O)nnc5N)C6)ccn4)CC3)no2)C(C)C)cc1. The molecule has 6 N–H and O–H groups in total. The summed E-state index contributed by atoms with van der Waals surface area (Å²) in [5, 5.41) is 49.0. The number of aromatic nitrogens is 5. The number of β-amino-alcohol motifs (C(OH)–C–C–N with tert-alkyl or cyclic N) is 1. The van der Waals surface area contributed by atoms with Gasteiger partial charge in [-0.3, -0.25) is 19.5 Å². The molecule has 21 heteroatoms. The molecule has 20 nitrogen and oxygen atoms in total. The third-order valence-corrected chi connectivity index (χ3v) is 16.3. The molecule has 76 heavy (non-hydrogen) atoms. The number of para-hydroxylation sites is 1. The third kappa shape index (κ3) is 11.9. The van der Waals surface area contributed by atoms with Crippen LogP contribution in [0, 0.1) is 5.92 Å². The predicted molar refractivity (Wildman–Crippen MR) is 289 cm³/mol. The fraction of sp³-hybridized carbons (Fsp3) is 0.491. The highest BCUT2D eigenvalue weighted by Gasteiger charge is 2.45. The summed E-state index contributed by atoms with van der Waals surface area (Å²) in [5.74, 6) is 1.05. The minimum Gasteiger partial charge on any atom is -0.507 e. The molecule has 404 valence electrons. The number of nitrogens with zero attached hydrogens (tertiary/aromatic N) is 10. The second-order valence-electron chi connectivity index (χ2n) is 20.7. The van der Waals surface area contributed by atoms with E-state index in [4.69, 9.17) is 24.5 Å². The molecule has 6 aromatic rings. The first-order valence-electron chi connectivity index (χ1n) is 26.4. The Morgan fingerprint density at radius 2 is 1.61 bits per heavy atom. The van der Waals surface area contributed by atoms with Gasteiger partial charge in [-0.1, -0.05) is 50.2 Å². The van der Waals surface area contributed by atoms with Crippen LogP contribution in [-0.2, 0) is 16.1 Å². The van der Waals surface area contributed by atoms with Gasteiger partial charge in [0, 0.05) is 108 Å². The molecule has 4 unspecified atom stereocenters. The molecule has 1 amide bonds. The van der Waals surface area contributed by atoms with E-state index in [0.29, 0.717) is 61.0 Å². The zero-order valence-corrected chi connectivity index (χ0v) is 44.5. The molecular weight excluding hydrogens is 989 g/mol. The lowest BCUT2D eigenvalue weighted by Crippen LogP contribution is -2.54. The van der Waals surface area contributed by atoms with E-state index in [1.165, 1.54) is 0 Å². The molecule has 2 aromatic carbocycles. The molecule has 0 aliphatic carbocycles. The largest absolute Gasteiger partial charge is 0.507 e. The number of rotatable bonds is 21. The van der Waals surface area contributed by atoms with Crippen LogP contribution in [0.15, 0.2) is 89.0 Å². The first-order valence-corrected chi connectivity index (χ1v) is 27.3. The highest BCUT2D eigenvalue weighted by Crippen LogP contribution is 2.40. The van der Waals surface area contributed by atoms with Crippen LogP contribution in [-0.4, -0.2) is 171 Å². The number of ether oxygens (including phenoxy) is 3. The smallest absolute Gasteiger partial charge is 0.254 e. The number of methoxy groups -OCH3 is 1. The number of pyridine rings is 1. The van der Waals surface area contributed by atoms with E-state index in [0.717, 1.165) is 91.7 Å². The number of amides is 1. The van der Waals surface area contributed by atoms with Crippen molar-refractivity contribution < 1.29 is 38.8 Å². The zero-order chi connectivity index (χ0) is 52.9. The van der Waals surface area contributed by atoms with Gasteiger partial charge < -0.3 is 54.9 Å². The molecule has 4 saturated heterocycles. The summed E-state index contributed by atoms with van der Waals surface area (Å²) in [7, 11) is 1.65. The molecule has 0 radical (unpaired) electrons. The number of likely N-dealkylation sites (tertiary alicyclic amines) is 1. The van der Waals surface area contributed by atoms with Crippen molar-refractivity contribution >= 4 is 34.4 Å².